The Labute approximate surface area is 365 Å². The van der Waals surface area contributed by atoms with Crippen LogP contribution in [-0.2, 0) is 51.2 Å². The first kappa shape index (κ1) is 51.2. The minimum absolute atomic E-state index is 0.0216. The molecule has 0 spiro atoms. The average Bonchev–Trinajstić information content (AvgIpc) is 3.93. The first-order valence-electron chi connectivity index (χ1n) is 21.0. The highest BCUT2D eigenvalue weighted by atomic mass is 16.4. The Morgan fingerprint density at radius 3 is 2.03 bits per heavy atom. The quantitative estimate of drug-likeness (QED) is 0.0437. The van der Waals surface area contributed by atoms with Gasteiger partial charge in [-0.25, -0.2) is 9.78 Å². The molecule has 22 nitrogen and oxygen atoms in total. The number of nitrogens with zero attached hydrogens (tertiary/aromatic N) is 2. The van der Waals surface area contributed by atoms with Crippen molar-refractivity contribution in [2.45, 2.75) is 133 Å². The maximum Gasteiger partial charge on any atom is 0.326 e. The Hall–Kier alpha value is -6.13. The number of unbranched alkanes of at least 4 members (excludes halogenated alkanes) is 1. The number of carboxylic acids is 1. The molecule has 1 aliphatic heterocycles. The number of carbonyl (C=O) groups excluding carboxylic acids is 7. The number of benzene rings is 1. The summed E-state index contributed by atoms with van der Waals surface area (Å²) in [6, 6.07) is -3.46. The number of aromatic amines is 1. The lowest BCUT2D eigenvalue weighted by Gasteiger charge is -2.30. The molecular formula is C41H63N11O11. The van der Waals surface area contributed by atoms with E-state index in [1.54, 1.807) is 6.20 Å². The normalized spacial score (nSPS) is 17.0. The van der Waals surface area contributed by atoms with Crippen molar-refractivity contribution >= 4 is 47.3 Å². The van der Waals surface area contributed by atoms with Gasteiger partial charge in [-0.1, -0.05) is 26.0 Å². The van der Waals surface area contributed by atoms with Crippen LogP contribution in [0.1, 0.15) is 83.4 Å². The molecule has 1 aliphatic rings. The number of carboxylic acid groups (broad SMARTS) is 1. The monoisotopic (exact) mass is 885 g/mol. The number of primary amides is 1. The molecule has 0 bridgehead atoms. The predicted octanol–water partition coefficient (Wildman–Crippen LogP) is -2.45. The molecule has 22 heteroatoms. The van der Waals surface area contributed by atoms with Crippen molar-refractivity contribution in [2.75, 3.05) is 13.1 Å². The number of aromatic hydroxyl groups is 1. The van der Waals surface area contributed by atoms with Crippen molar-refractivity contribution in [1.82, 2.24) is 41.5 Å². The Morgan fingerprint density at radius 1 is 0.841 bits per heavy atom. The lowest BCUT2D eigenvalue weighted by atomic mass is 10.0. The first-order chi connectivity index (χ1) is 29.8. The third kappa shape index (κ3) is 16.6. The molecule has 3 rings (SSSR count). The van der Waals surface area contributed by atoms with Gasteiger partial charge in [0.2, 0.25) is 41.4 Å². The number of rotatable bonds is 26. The number of aromatic nitrogens is 2. The number of imidazole rings is 1. The molecule has 2 heterocycles. The molecule has 1 aromatic heterocycles. The smallest absolute Gasteiger partial charge is 0.326 e. The van der Waals surface area contributed by atoms with E-state index in [2.05, 4.69) is 36.6 Å². The maximum atomic E-state index is 13.9. The summed E-state index contributed by atoms with van der Waals surface area (Å²) in [6.45, 7) is 5.34. The zero-order valence-corrected chi connectivity index (χ0v) is 35.9. The van der Waals surface area contributed by atoms with E-state index >= 15 is 0 Å². The number of hydrogen-bond donors (Lipinski definition) is 12. The zero-order valence-electron chi connectivity index (χ0n) is 35.9. The van der Waals surface area contributed by atoms with E-state index in [0.717, 1.165) is 0 Å². The highest BCUT2D eigenvalue weighted by Gasteiger charge is 2.39. The lowest BCUT2D eigenvalue weighted by molar-refractivity contribution is -0.143. The minimum atomic E-state index is -1.68. The van der Waals surface area contributed by atoms with E-state index in [1.807, 2.05) is 13.8 Å². The number of phenolic OH excluding ortho intramolecular Hbond substituents is 1. The molecule has 0 radical (unpaired) electrons. The van der Waals surface area contributed by atoms with E-state index < -0.39 is 95.7 Å². The highest BCUT2D eigenvalue weighted by Crippen LogP contribution is 2.20. The first-order valence-corrected chi connectivity index (χ1v) is 21.0. The lowest BCUT2D eigenvalue weighted by Crippen LogP contribution is -2.61. The van der Waals surface area contributed by atoms with Gasteiger partial charge in [0.25, 0.3) is 0 Å². The Bertz CT molecular complexity index is 1860. The number of likely N-dealkylation sites (tertiary alicyclic amines) is 1. The van der Waals surface area contributed by atoms with E-state index in [-0.39, 0.29) is 63.3 Å². The highest BCUT2D eigenvalue weighted by molar-refractivity contribution is 5.97. The molecule has 0 saturated carbocycles. The Morgan fingerprint density at radius 2 is 1.46 bits per heavy atom. The molecular weight excluding hydrogens is 823 g/mol. The summed E-state index contributed by atoms with van der Waals surface area (Å²) in [5.41, 5.74) is 18.4. The molecule has 0 aliphatic carbocycles. The van der Waals surface area contributed by atoms with Crippen molar-refractivity contribution < 1.29 is 53.7 Å². The number of hydrogen-bond acceptors (Lipinski definition) is 13. The molecule has 7 amide bonds. The van der Waals surface area contributed by atoms with Crippen LogP contribution in [0.25, 0.3) is 0 Å². The van der Waals surface area contributed by atoms with Crippen molar-refractivity contribution in [2.24, 2.45) is 23.1 Å². The number of aliphatic hydroxyl groups excluding tert-OH is 1. The standard InChI is InChI=1S/C41H63N11O11/c1-22(2)17-30(49-38(59)32-8-6-16-52(32)40(61)27(43)19-25-20-45-21-46-25)37(58)48-29(13-14-33(44)55)35(56)47-28(7-4-5-15-42)36(57)51-34(23(3)53)39(60)50-31(41(62)63)18-24-9-11-26(54)12-10-24/h9-12,20-23,27-32,34,53-54H,4-8,13-19,42-43H2,1-3H3,(H2,44,55)(H,45,46)(H,47,56)(H,48,58)(H,49,59)(H,50,60)(H,51,57)(H,62,63). The molecule has 63 heavy (non-hydrogen) atoms. The molecule has 1 fully saturated rings. The summed E-state index contributed by atoms with van der Waals surface area (Å²) >= 11 is 0. The van der Waals surface area contributed by atoms with Crippen molar-refractivity contribution in [1.29, 1.82) is 0 Å². The topological polar surface area (TPSA) is 367 Å². The number of H-pyrrole nitrogens is 1. The van der Waals surface area contributed by atoms with E-state index in [4.69, 9.17) is 17.2 Å². The van der Waals surface area contributed by atoms with Crippen LogP contribution in [0.2, 0.25) is 0 Å². The van der Waals surface area contributed by atoms with Gasteiger partial charge in [-0.3, -0.25) is 33.6 Å². The summed E-state index contributed by atoms with van der Waals surface area (Å²) in [5, 5.41) is 42.5. The van der Waals surface area contributed by atoms with Crippen LogP contribution >= 0.6 is 0 Å². The van der Waals surface area contributed by atoms with Crippen LogP contribution in [0.4, 0.5) is 0 Å². The Kier molecular flexibility index (Phi) is 20.4. The number of aliphatic hydroxyl groups is 1. The number of amides is 7. The average molecular weight is 886 g/mol. The second-order valence-corrected chi connectivity index (χ2v) is 16.2. The third-order valence-corrected chi connectivity index (χ3v) is 10.4. The van der Waals surface area contributed by atoms with E-state index in [9.17, 15) is 53.7 Å². The van der Waals surface area contributed by atoms with Crippen LogP contribution in [0.5, 0.6) is 5.75 Å². The maximum absolute atomic E-state index is 13.9. The number of nitrogens with two attached hydrogens (primary N) is 3. The minimum Gasteiger partial charge on any atom is -0.508 e. The van der Waals surface area contributed by atoms with Gasteiger partial charge < -0.3 is 69.0 Å². The molecule has 348 valence electrons. The SMILES string of the molecule is CC(C)CC(NC(=O)C1CCCN1C(=O)C(N)Cc1cnc[nH]1)C(=O)NC(CCC(N)=O)C(=O)NC(CCCCN)C(=O)NC(C(=O)NC(Cc1ccc(O)cc1)C(=O)O)C(C)O. The van der Waals surface area contributed by atoms with Gasteiger partial charge in [0.15, 0.2) is 0 Å². The molecule has 8 atom stereocenters. The van der Waals surface area contributed by atoms with Gasteiger partial charge in [0.05, 0.1) is 18.5 Å². The van der Waals surface area contributed by atoms with Crippen molar-refractivity contribution in [3.8, 4) is 5.75 Å². The number of aliphatic carboxylic acids is 1. The number of phenols is 1. The van der Waals surface area contributed by atoms with Crippen LogP contribution in [0, 0.1) is 5.92 Å². The summed E-state index contributed by atoms with van der Waals surface area (Å²) < 4.78 is 0. The summed E-state index contributed by atoms with van der Waals surface area (Å²) in [6.07, 6.45) is 2.44. The van der Waals surface area contributed by atoms with Gasteiger partial charge in [-0.2, -0.15) is 0 Å². The van der Waals surface area contributed by atoms with Gasteiger partial charge in [0.1, 0.15) is 42.0 Å². The summed E-state index contributed by atoms with van der Waals surface area (Å²) in [5.74, 6) is -7.11. The third-order valence-electron chi connectivity index (χ3n) is 10.4. The van der Waals surface area contributed by atoms with Gasteiger partial charge in [0, 0.05) is 37.7 Å². The van der Waals surface area contributed by atoms with Crippen LogP contribution in [0.3, 0.4) is 0 Å². The summed E-state index contributed by atoms with van der Waals surface area (Å²) in [4.78, 5) is 114. The molecule has 15 N–H and O–H groups in total. The van der Waals surface area contributed by atoms with Gasteiger partial charge in [-0.15, -0.1) is 0 Å². The summed E-state index contributed by atoms with van der Waals surface area (Å²) in [7, 11) is 0. The molecule has 2 aromatic rings. The fourth-order valence-corrected chi connectivity index (χ4v) is 7.06. The van der Waals surface area contributed by atoms with Crippen molar-refractivity contribution in [3.05, 3.63) is 48.0 Å². The number of carbonyl (C=O) groups is 8. The molecule has 1 saturated heterocycles. The largest absolute Gasteiger partial charge is 0.508 e. The molecule has 8 unspecified atom stereocenters. The van der Waals surface area contributed by atoms with Crippen LogP contribution < -0.4 is 43.8 Å². The van der Waals surface area contributed by atoms with E-state index in [0.29, 0.717) is 36.9 Å². The predicted molar refractivity (Wildman–Crippen MR) is 227 cm³/mol. The second-order valence-electron chi connectivity index (χ2n) is 16.2. The van der Waals surface area contributed by atoms with E-state index in [1.165, 1.54) is 42.4 Å². The zero-order chi connectivity index (χ0) is 46.8. The van der Waals surface area contributed by atoms with Gasteiger partial charge >= 0.3 is 5.97 Å². The van der Waals surface area contributed by atoms with Gasteiger partial charge in [-0.05, 0) is 82.0 Å². The van der Waals surface area contributed by atoms with Crippen LogP contribution in [-0.4, -0.2) is 139 Å². The van der Waals surface area contributed by atoms with Crippen molar-refractivity contribution in [3.63, 3.8) is 0 Å². The van der Waals surface area contributed by atoms with Crippen LogP contribution in [0.15, 0.2) is 36.8 Å². The second kappa shape index (κ2) is 25.1. The molecule has 1 aromatic carbocycles. The number of nitrogens with one attached hydrogen (secondary N) is 6. The Balaban J connectivity index is 1.78. The fourth-order valence-electron chi connectivity index (χ4n) is 7.06. The fraction of sp³-hybridized carbons (Fsp3) is 0.585.